The number of rotatable bonds is 24. The Labute approximate surface area is 334 Å². The molecular formula is C39H63N9O9. The van der Waals surface area contributed by atoms with Gasteiger partial charge in [-0.15, -0.1) is 0 Å². The molecule has 18 heteroatoms. The Kier molecular flexibility index (Phi) is 19.0. The van der Waals surface area contributed by atoms with Crippen LogP contribution in [0.3, 0.4) is 0 Å². The zero-order valence-corrected chi connectivity index (χ0v) is 33.9. The number of amides is 5. The third-order valence-electron chi connectivity index (χ3n) is 10.0. The molecule has 0 spiro atoms. The molecule has 2 rings (SSSR count). The summed E-state index contributed by atoms with van der Waals surface area (Å²) < 4.78 is 0. The molecule has 0 aliphatic carbocycles. The summed E-state index contributed by atoms with van der Waals surface area (Å²) in [5.74, 6) is -6.55. The zero-order valence-electron chi connectivity index (χ0n) is 33.9. The van der Waals surface area contributed by atoms with E-state index in [2.05, 4.69) is 20.9 Å². The number of guanidine groups is 1. The number of primary amides is 1. The van der Waals surface area contributed by atoms with Crippen molar-refractivity contribution >= 4 is 47.1 Å². The third-order valence-corrected chi connectivity index (χ3v) is 10.0. The van der Waals surface area contributed by atoms with Gasteiger partial charge in [-0.2, -0.15) is 0 Å². The molecule has 1 fully saturated rings. The van der Waals surface area contributed by atoms with Gasteiger partial charge in [0.25, 0.3) is 0 Å². The number of nitrogens with zero attached hydrogens (tertiary/aromatic N) is 2. The maximum Gasteiger partial charge on any atom is 0.245 e. The first-order valence-corrected chi connectivity index (χ1v) is 19.5. The van der Waals surface area contributed by atoms with Crippen molar-refractivity contribution in [3.05, 3.63) is 29.8 Å². The maximum atomic E-state index is 13.8. The largest absolute Gasteiger partial charge is 0.508 e. The van der Waals surface area contributed by atoms with E-state index in [4.69, 9.17) is 22.9 Å². The molecule has 1 heterocycles. The Bertz CT molecular complexity index is 1600. The summed E-state index contributed by atoms with van der Waals surface area (Å²) in [4.78, 5) is 98.0. The van der Waals surface area contributed by atoms with E-state index in [-0.39, 0.29) is 56.4 Å². The number of aliphatic hydroxyl groups excluding tert-OH is 1. The van der Waals surface area contributed by atoms with Crippen LogP contribution in [0.15, 0.2) is 29.3 Å². The third kappa shape index (κ3) is 15.4. The van der Waals surface area contributed by atoms with Gasteiger partial charge in [0.15, 0.2) is 11.7 Å². The highest BCUT2D eigenvalue weighted by molar-refractivity contribution is 5.97. The van der Waals surface area contributed by atoms with Crippen LogP contribution in [0.25, 0.3) is 0 Å². The molecule has 1 aromatic carbocycles. The minimum atomic E-state index is -1.45. The summed E-state index contributed by atoms with van der Waals surface area (Å²) in [7, 11) is 0. The van der Waals surface area contributed by atoms with Crippen LogP contribution < -0.4 is 38.9 Å². The predicted octanol–water partition coefficient (Wildman–Crippen LogP) is -0.890. The number of likely N-dealkylation sites (tertiary alicyclic amines) is 1. The van der Waals surface area contributed by atoms with Gasteiger partial charge in [-0.1, -0.05) is 39.8 Å². The number of ketones is 2. The van der Waals surface area contributed by atoms with Crippen molar-refractivity contribution in [1.82, 2.24) is 20.9 Å². The van der Waals surface area contributed by atoms with E-state index in [9.17, 15) is 43.8 Å². The van der Waals surface area contributed by atoms with Crippen molar-refractivity contribution in [2.75, 3.05) is 13.1 Å². The molecule has 1 aliphatic heterocycles. The number of aromatic hydroxyl groups is 1. The molecule has 18 nitrogen and oxygen atoms in total. The van der Waals surface area contributed by atoms with Crippen LogP contribution in [-0.2, 0) is 40.0 Å². The molecule has 0 radical (unpaired) electrons. The van der Waals surface area contributed by atoms with Gasteiger partial charge in [0.2, 0.25) is 29.5 Å². The number of aliphatic imine (C=N–C) groups is 1. The number of nitrogens with two attached hydrogens (primary N) is 4. The van der Waals surface area contributed by atoms with Gasteiger partial charge in [-0.05, 0) is 75.5 Å². The molecule has 0 saturated carbocycles. The van der Waals surface area contributed by atoms with E-state index in [1.165, 1.54) is 30.9 Å². The molecule has 0 unspecified atom stereocenters. The number of hydrogen-bond donors (Lipinski definition) is 9. The highest BCUT2D eigenvalue weighted by Gasteiger charge is 2.42. The molecular weight excluding hydrogens is 738 g/mol. The van der Waals surface area contributed by atoms with Crippen molar-refractivity contribution in [2.24, 2.45) is 51.6 Å². The van der Waals surface area contributed by atoms with Gasteiger partial charge < -0.3 is 54.0 Å². The van der Waals surface area contributed by atoms with Crippen LogP contribution in [0.2, 0.25) is 0 Å². The normalized spacial score (nSPS) is 17.8. The molecule has 1 saturated heterocycles. The molecule has 318 valence electrons. The van der Waals surface area contributed by atoms with E-state index in [0.29, 0.717) is 18.4 Å². The second-order valence-electron chi connectivity index (χ2n) is 15.7. The van der Waals surface area contributed by atoms with E-state index < -0.39 is 102 Å². The SMILES string of the molecule is CC(C)C[C@H](C(=O)N[C@H](C)C(N)=O)N1CC[C@@H](NC(=O)[C@H](CC(=O)[C@H](NC(=O)[C@H](CC(=O)[C@H](N)CCCN=C(N)N)Cc2ccc(O)cc2)[C@@H](C)O)C(C)C)C1=O. The minimum Gasteiger partial charge on any atom is -0.508 e. The van der Waals surface area contributed by atoms with E-state index >= 15 is 0 Å². The van der Waals surface area contributed by atoms with Gasteiger partial charge in [0.05, 0.1) is 12.1 Å². The first-order chi connectivity index (χ1) is 26.6. The molecule has 8 atom stereocenters. The Hall–Kier alpha value is -5.10. The Morgan fingerprint density at radius 2 is 1.53 bits per heavy atom. The standard InChI is InChI=1S/C39H63N9O9/c1-20(2)16-30(37(56)45-22(5)34(41)53)48-15-13-29(38(48)57)46-36(55)27(21(3)4)19-32(52)33(23(6)49)47-35(54)25(17-24-9-11-26(50)12-10-24)18-31(51)28(40)8-7-14-44-39(42)43/h9-12,20-23,25,27-30,33,49-50H,7-8,13-19,40H2,1-6H3,(H2,41,53)(H,45,56)(H,46,55)(H,47,54)(H4,42,43,44)/t22-,23-,25+,27-,28-,29-,30-,33-/m1/s1. The van der Waals surface area contributed by atoms with E-state index in [1.807, 2.05) is 13.8 Å². The van der Waals surface area contributed by atoms with Crippen molar-refractivity contribution in [2.45, 2.75) is 123 Å². The Balaban J connectivity index is 2.21. The number of nitrogens with one attached hydrogen (secondary N) is 3. The molecule has 1 aromatic rings. The molecule has 0 aromatic heterocycles. The highest BCUT2D eigenvalue weighted by Crippen LogP contribution is 2.24. The van der Waals surface area contributed by atoms with Crippen molar-refractivity contribution in [3.63, 3.8) is 0 Å². The predicted molar refractivity (Wildman–Crippen MR) is 213 cm³/mol. The second kappa shape index (κ2) is 22.6. The van der Waals surface area contributed by atoms with Gasteiger partial charge in [0, 0.05) is 37.8 Å². The van der Waals surface area contributed by atoms with E-state index in [0.717, 1.165) is 0 Å². The second-order valence-corrected chi connectivity index (χ2v) is 15.7. The minimum absolute atomic E-state index is 0.00575. The highest BCUT2D eigenvalue weighted by atomic mass is 16.3. The lowest BCUT2D eigenvalue weighted by atomic mass is 9.86. The lowest BCUT2D eigenvalue weighted by molar-refractivity contribution is -0.141. The van der Waals surface area contributed by atoms with Crippen LogP contribution >= 0.6 is 0 Å². The van der Waals surface area contributed by atoms with Crippen molar-refractivity contribution in [3.8, 4) is 5.75 Å². The average Bonchev–Trinajstić information content (AvgIpc) is 3.48. The van der Waals surface area contributed by atoms with Crippen LogP contribution in [0.1, 0.15) is 85.6 Å². The Morgan fingerprint density at radius 1 is 0.895 bits per heavy atom. The Morgan fingerprint density at radius 3 is 2.07 bits per heavy atom. The molecule has 0 bridgehead atoms. The first kappa shape index (κ1) is 48.0. The fraction of sp³-hybridized carbons (Fsp3) is 0.641. The summed E-state index contributed by atoms with van der Waals surface area (Å²) in [6, 6.07) is 0.857. The molecule has 1 aliphatic rings. The van der Waals surface area contributed by atoms with Crippen molar-refractivity contribution < 1.29 is 43.8 Å². The fourth-order valence-corrected chi connectivity index (χ4v) is 6.59. The van der Waals surface area contributed by atoms with Gasteiger partial charge in [0.1, 0.15) is 35.7 Å². The quantitative estimate of drug-likeness (QED) is 0.0349. The summed E-state index contributed by atoms with van der Waals surface area (Å²) in [6.45, 7) is 10.4. The number of aliphatic hydroxyl groups is 1. The van der Waals surface area contributed by atoms with Crippen molar-refractivity contribution in [1.29, 1.82) is 0 Å². The van der Waals surface area contributed by atoms with E-state index in [1.54, 1.807) is 26.0 Å². The lowest BCUT2D eigenvalue weighted by Crippen LogP contribution is -2.54. The monoisotopic (exact) mass is 801 g/mol. The number of phenolic OH excluding ortho intramolecular Hbond substituents is 1. The smallest absolute Gasteiger partial charge is 0.245 e. The summed E-state index contributed by atoms with van der Waals surface area (Å²) in [6.07, 6.45) is -0.839. The molecule has 5 amide bonds. The van der Waals surface area contributed by atoms with Gasteiger partial charge in [-0.25, -0.2) is 0 Å². The van der Waals surface area contributed by atoms with Crippen LogP contribution in [-0.4, -0.2) is 112 Å². The summed E-state index contributed by atoms with van der Waals surface area (Å²) in [5.41, 5.74) is 22.8. The van der Waals surface area contributed by atoms with Crippen LogP contribution in [0, 0.1) is 23.7 Å². The summed E-state index contributed by atoms with van der Waals surface area (Å²) in [5, 5.41) is 28.3. The number of phenols is 1. The fourth-order valence-electron chi connectivity index (χ4n) is 6.59. The van der Waals surface area contributed by atoms with Gasteiger partial charge in [-0.3, -0.25) is 38.6 Å². The maximum absolute atomic E-state index is 13.8. The zero-order chi connectivity index (χ0) is 43.1. The lowest BCUT2D eigenvalue weighted by Gasteiger charge is -2.30. The first-order valence-electron chi connectivity index (χ1n) is 19.5. The number of hydrogen-bond acceptors (Lipinski definition) is 11. The summed E-state index contributed by atoms with van der Waals surface area (Å²) >= 11 is 0. The van der Waals surface area contributed by atoms with Crippen LogP contribution in [0.4, 0.5) is 0 Å². The number of Topliss-reactive ketones (excluding diaryl/α,β-unsaturated/α-hetero) is 2. The van der Waals surface area contributed by atoms with Gasteiger partial charge >= 0.3 is 0 Å². The van der Waals surface area contributed by atoms with Crippen LogP contribution in [0.5, 0.6) is 5.75 Å². The number of benzene rings is 1. The molecule has 57 heavy (non-hydrogen) atoms. The molecule has 13 N–H and O–H groups in total. The number of carbonyl (C=O) groups is 7. The number of carbonyl (C=O) groups excluding carboxylic acids is 7. The average molecular weight is 802 g/mol. The topological polar surface area (TPSA) is 316 Å².